The molecule has 0 radical (unpaired) electrons. The summed E-state index contributed by atoms with van der Waals surface area (Å²) in [5.41, 5.74) is 2.30. The number of benzene rings is 2. The highest BCUT2D eigenvalue weighted by Gasteiger charge is 2.20. The second-order valence-corrected chi connectivity index (χ2v) is 7.70. The monoisotopic (exact) mass is 527 g/mol. The van der Waals surface area contributed by atoms with Crippen molar-refractivity contribution in [2.45, 2.75) is 13.2 Å². The van der Waals surface area contributed by atoms with E-state index in [4.69, 9.17) is 18.6 Å². The molecule has 3 aromatic rings. The van der Waals surface area contributed by atoms with Crippen molar-refractivity contribution in [1.29, 1.82) is 0 Å². The Bertz CT molecular complexity index is 1040. The van der Waals surface area contributed by atoms with Gasteiger partial charge in [-0.3, -0.25) is 4.79 Å². The van der Waals surface area contributed by atoms with Gasteiger partial charge in [0.1, 0.15) is 11.8 Å². The molecule has 1 amide bonds. The van der Waals surface area contributed by atoms with Gasteiger partial charge in [0.25, 0.3) is 5.91 Å². The van der Waals surface area contributed by atoms with Gasteiger partial charge in [0.15, 0.2) is 11.5 Å². The highest BCUT2D eigenvalue weighted by atomic mass is 79.9. The van der Waals surface area contributed by atoms with Gasteiger partial charge < -0.3 is 29.1 Å². The zero-order valence-electron chi connectivity index (χ0n) is 16.0. The summed E-state index contributed by atoms with van der Waals surface area (Å²) in [5, 5.41) is 13.1. The molecule has 0 aliphatic rings. The van der Waals surface area contributed by atoms with Crippen LogP contribution in [-0.4, -0.2) is 32.3 Å². The molecule has 0 fully saturated rings. The number of ether oxygens (including phenoxy) is 3. The Labute approximate surface area is 184 Å². The van der Waals surface area contributed by atoms with Crippen LogP contribution >= 0.6 is 31.9 Å². The van der Waals surface area contributed by atoms with Crippen LogP contribution in [0.3, 0.4) is 0 Å². The van der Waals surface area contributed by atoms with Crippen molar-refractivity contribution in [3.63, 3.8) is 0 Å². The number of carbonyl (C=O) groups is 1. The van der Waals surface area contributed by atoms with Gasteiger partial charge in [0.2, 0.25) is 5.75 Å². The van der Waals surface area contributed by atoms with Gasteiger partial charge in [-0.15, -0.1) is 0 Å². The van der Waals surface area contributed by atoms with E-state index in [1.54, 1.807) is 18.2 Å². The first-order chi connectivity index (χ1) is 13.9. The molecule has 0 aliphatic heterocycles. The normalized spacial score (nSPS) is 10.8. The van der Waals surface area contributed by atoms with Crippen LogP contribution in [0.4, 0.5) is 0 Å². The molecule has 1 heterocycles. The molecule has 0 saturated carbocycles. The number of halogens is 2. The molecule has 0 atom stereocenters. The molecule has 0 saturated heterocycles. The lowest BCUT2D eigenvalue weighted by molar-refractivity contribution is 0.0951. The Morgan fingerprint density at radius 3 is 2.31 bits per heavy atom. The first kappa shape index (κ1) is 21.5. The lowest BCUT2D eigenvalue weighted by atomic mass is 10.1. The minimum atomic E-state index is -0.315. The van der Waals surface area contributed by atoms with Gasteiger partial charge in [0, 0.05) is 26.4 Å². The summed E-state index contributed by atoms with van der Waals surface area (Å²) in [4.78, 5) is 12.8. The number of amides is 1. The number of methoxy groups -OCH3 is 3. The first-order valence-electron chi connectivity index (χ1n) is 8.51. The van der Waals surface area contributed by atoms with Gasteiger partial charge >= 0.3 is 0 Å². The van der Waals surface area contributed by atoms with Crippen molar-refractivity contribution in [2.75, 3.05) is 21.3 Å². The Morgan fingerprint density at radius 2 is 1.76 bits per heavy atom. The van der Waals surface area contributed by atoms with Crippen LogP contribution in [0.15, 0.2) is 37.8 Å². The second-order valence-electron chi connectivity index (χ2n) is 6.05. The van der Waals surface area contributed by atoms with Crippen LogP contribution in [0, 0.1) is 0 Å². The summed E-state index contributed by atoms with van der Waals surface area (Å²) in [6, 6.07) is 5.26. The number of carbonyl (C=O) groups excluding carboxylic acids is 1. The summed E-state index contributed by atoms with van der Waals surface area (Å²) in [6.07, 6.45) is 1.40. The number of hydrogen-bond acceptors (Lipinski definition) is 6. The molecule has 29 heavy (non-hydrogen) atoms. The summed E-state index contributed by atoms with van der Waals surface area (Å²) >= 11 is 6.85. The van der Waals surface area contributed by atoms with Gasteiger partial charge in [0.05, 0.1) is 33.5 Å². The Morgan fingerprint density at radius 1 is 1.10 bits per heavy atom. The molecule has 154 valence electrons. The van der Waals surface area contributed by atoms with Gasteiger partial charge in [-0.1, -0.05) is 15.9 Å². The molecule has 0 aliphatic carbocycles. The standard InChI is InChI=1S/C20H19Br2NO6/c1-26-15-4-10(5-16(27-2)19(15)28-3)7-23-20(25)12-9-29-14-6-13(21)11(8-24)18(22)17(12)14/h4-6,9,24H,7-8H2,1-3H3,(H,23,25). The van der Waals surface area contributed by atoms with Gasteiger partial charge in [-0.25, -0.2) is 0 Å². The van der Waals surface area contributed by atoms with E-state index in [2.05, 4.69) is 37.2 Å². The smallest absolute Gasteiger partial charge is 0.255 e. The zero-order valence-corrected chi connectivity index (χ0v) is 19.1. The third kappa shape index (κ3) is 4.08. The van der Waals surface area contributed by atoms with E-state index >= 15 is 0 Å². The third-order valence-corrected chi connectivity index (χ3v) is 6.01. The molecule has 2 N–H and O–H groups in total. The lowest BCUT2D eigenvalue weighted by Crippen LogP contribution is -2.22. The highest BCUT2D eigenvalue weighted by molar-refractivity contribution is 9.11. The van der Waals surface area contributed by atoms with E-state index < -0.39 is 0 Å². The maximum atomic E-state index is 12.8. The summed E-state index contributed by atoms with van der Waals surface area (Å²) in [6.45, 7) is 0.0536. The number of fused-ring (bicyclic) bond motifs is 1. The van der Waals surface area contributed by atoms with E-state index in [0.29, 0.717) is 48.3 Å². The van der Waals surface area contributed by atoms with Crippen LogP contribution in [0.1, 0.15) is 21.5 Å². The molecule has 0 spiro atoms. The Hall–Kier alpha value is -2.23. The van der Waals surface area contributed by atoms with Crippen molar-refractivity contribution in [2.24, 2.45) is 0 Å². The summed E-state index contributed by atoms with van der Waals surface area (Å²) < 4.78 is 22.8. The lowest BCUT2D eigenvalue weighted by Gasteiger charge is -2.14. The number of rotatable bonds is 7. The molecule has 9 heteroatoms. The minimum absolute atomic E-state index is 0.186. The van der Waals surface area contributed by atoms with Crippen molar-refractivity contribution >= 4 is 48.7 Å². The first-order valence-corrected chi connectivity index (χ1v) is 10.1. The Balaban J connectivity index is 1.89. The molecule has 3 rings (SSSR count). The minimum Gasteiger partial charge on any atom is -0.493 e. The second kappa shape index (κ2) is 9.06. The zero-order chi connectivity index (χ0) is 21.1. The van der Waals surface area contributed by atoms with Crippen LogP contribution in [-0.2, 0) is 13.2 Å². The average Bonchev–Trinajstić information content (AvgIpc) is 3.15. The fourth-order valence-electron chi connectivity index (χ4n) is 2.99. The molecule has 7 nitrogen and oxygen atoms in total. The quantitative estimate of drug-likeness (QED) is 0.472. The van der Waals surface area contributed by atoms with Crippen molar-refractivity contribution in [1.82, 2.24) is 5.32 Å². The van der Waals surface area contributed by atoms with E-state index in [1.807, 2.05) is 0 Å². The van der Waals surface area contributed by atoms with E-state index in [9.17, 15) is 9.90 Å². The summed E-state index contributed by atoms with van der Waals surface area (Å²) in [7, 11) is 4.60. The van der Waals surface area contributed by atoms with Crippen molar-refractivity contribution in [3.8, 4) is 17.2 Å². The molecule has 0 unspecified atom stereocenters. The largest absolute Gasteiger partial charge is 0.493 e. The summed E-state index contributed by atoms with van der Waals surface area (Å²) in [5.74, 6) is 1.18. The molecular formula is C20H19Br2NO6. The van der Waals surface area contributed by atoms with E-state index in [1.165, 1.54) is 27.6 Å². The van der Waals surface area contributed by atoms with Crippen LogP contribution in [0.5, 0.6) is 17.2 Å². The SMILES string of the molecule is COc1cc(CNC(=O)c2coc3cc(Br)c(CO)c(Br)c23)cc(OC)c1OC. The molecule has 1 aromatic heterocycles. The predicted octanol–water partition coefficient (Wildman–Crippen LogP) is 4.41. The number of furan rings is 1. The molecule has 0 bridgehead atoms. The number of aliphatic hydroxyl groups is 1. The number of hydrogen-bond donors (Lipinski definition) is 2. The van der Waals surface area contributed by atoms with Gasteiger partial charge in [-0.05, 0) is 39.7 Å². The fraction of sp³-hybridized carbons (Fsp3) is 0.250. The topological polar surface area (TPSA) is 90.2 Å². The van der Waals surface area contributed by atoms with Crippen molar-refractivity contribution < 1.29 is 28.5 Å². The van der Waals surface area contributed by atoms with E-state index in [-0.39, 0.29) is 19.1 Å². The fourth-order valence-corrected chi connectivity index (χ4v) is 4.54. The number of aliphatic hydroxyl groups excluding tert-OH is 1. The predicted molar refractivity (Wildman–Crippen MR) is 115 cm³/mol. The van der Waals surface area contributed by atoms with Crippen LogP contribution < -0.4 is 19.5 Å². The average molecular weight is 529 g/mol. The Kier molecular flexibility index (Phi) is 6.71. The number of nitrogens with one attached hydrogen (secondary N) is 1. The molecule has 2 aromatic carbocycles. The molecular weight excluding hydrogens is 510 g/mol. The maximum absolute atomic E-state index is 12.8. The van der Waals surface area contributed by atoms with Crippen LogP contribution in [0.25, 0.3) is 11.0 Å². The van der Waals surface area contributed by atoms with Crippen LogP contribution in [0.2, 0.25) is 0 Å². The van der Waals surface area contributed by atoms with Crippen molar-refractivity contribution in [3.05, 3.63) is 50.1 Å². The maximum Gasteiger partial charge on any atom is 0.255 e. The third-order valence-electron chi connectivity index (χ3n) is 4.43. The highest BCUT2D eigenvalue weighted by Crippen LogP contribution is 2.39. The van der Waals surface area contributed by atoms with Gasteiger partial charge in [-0.2, -0.15) is 0 Å². The van der Waals surface area contributed by atoms with E-state index in [0.717, 1.165) is 5.56 Å².